The van der Waals surface area contributed by atoms with E-state index in [1.54, 1.807) is 12.1 Å². The van der Waals surface area contributed by atoms with E-state index < -0.39 is 10.0 Å². The zero-order chi connectivity index (χ0) is 17.6. The van der Waals surface area contributed by atoms with Gasteiger partial charge in [0.2, 0.25) is 10.0 Å². The van der Waals surface area contributed by atoms with Gasteiger partial charge in [0.05, 0.1) is 4.90 Å². The van der Waals surface area contributed by atoms with E-state index in [0.717, 1.165) is 42.0 Å². The Balaban J connectivity index is 1.81. The third-order valence-electron chi connectivity index (χ3n) is 5.01. The van der Waals surface area contributed by atoms with Crippen LogP contribution in [0.4, 0.5) is 0 Å². The van der Waals surface area contributed by atoms with Gasteiger partial charge in [0.1, 0.15) is 6.61 Å². The van der Waals surface area contributed by atoms with Crippen LogP contribution in [0.1, 0.15) is 33.7 Å². The number of nitrogens with two attached hydrogens (primary N) is 1. The highest BCUT2D eigenvalue weighted by atomic mass is 32.2. The molecule has 0 radical (unpaired) electrons. The summed E-state index contributed by atoms with van der Waals surface area (Å²) in [5.41, 5.74) is 5.76. The molecule has 25 heavy (non-hydrogen) atoms. The summed E-state index contributed by atoms with van der Waals surface area (Å²) in [5, 5.41) is 8.68. The summed E-state index contributed by atoms with van der Waals surface area (Å²) >= 11 is 0. The zero-order valence-electron chi connectivity index (χ0n) is 13.9. The molecule has 0 aromatic heterocycles. The van der Waals surface area contributed by atoms with Crippen LogP contribution in [0.25, 0.3) is 0 Å². The normalized spacial score (nSPS) is 19.7. The molecule has 2 aromatic rings. The zero-order valence-corrected chi connectivity index (χ0v) is 14.7. The first-order valence-corrected chi connectivity index (χ1v) is 9.78. The minimum atomic E-state index is -3.68. The molecule has 1 atom stereocenters. The minimum Gasteiger partial charge on any atom is -0.337 e. The maximum absolute atomic E-state index is 11.5. The number of primary sulfonamides is 1. The third-order valence-corrected chi connectivity index (χ3v) is 5.94. The lowest BCUT2D eigenvalue weighted by molar-refractivity contribution is -0.194. The molecule has 0 fully saturated rings. The maximum Gasteiger partial charge on any atom is 0.238 e. The van der Waals surface area contributed by atoms with Crippen molar-refractivity contribution in [3.05, 3.63) is 58.1 Å². The van der Waals surface area contributed by atoms with E-state index >= 15 is 0 Å². The Morgan fingerprint density at radius 3 is 2.72 bits per heavy atom. The number of rotatable bonds is 2. The molecule has 1 unspecified atom stereocenters. The van der Waals surface area contributed by atoms with Crippen LogP contribution in [0, 0.1) is 6.92 Å². The topological polar surface area (TPSA) is 90.7 Å². The van der Waals surface area contributed by atoms with E-state index in [-0.39, 0.29) is 10.8 Å². The molecule has 4 rings (SSSR count). The van der Waals surface area contributed by atoms with Crippen LogP contribution in [0.2, 0.25) is 0 Å². The fourth-order valence-electron chi connectivity index (χ4n) is 3.71. The van der Waals surface area contributed by atoms with Crippen molar-refractivity contribution in [2.45, 2.75) is 30.8 Å². The Hall–Kier alpha value is -1.93. The van der Waals surface area contributed by atoms with E-state index in [9.17, 15) is 8.42 Å². The molecular weight excluding hydrogens is 340 g/mol. The van der Waals surface area contributed by atoms with Crippen LogP contribution in [0.15, 0.2) is 35.2 Å². The Morgan fingerprint density at radius 2 is 2.00 bits per heavy atom. The minimum absolute atomic E-state index is 0.130. The van der Waals surface area contributed by atoms with E-state index in [0.29, 0.717) is 6.61 Å². The van der Waals surface area contributed by atoms with Crippen LogP contribution >= 0.6 is 0 Å². The van der Waals surface area contributed by atoms with Crippen molar-refractivity contribution < 1.29 is 18.2 Å². The molecule has 2 aliphatic heterocycles. The quantitative estimate of drug-likeness (QED) is 0.796. The van der Waals surface area contributed by atoms with E-state index in [1.165, 1.54) is 11.1 Å². The summed E-state index contributed by atoms with van der Waals surface area (Å²) in [7, 11) is -3.68. The second-order valence-corrected chi connectivity index (χ2v) is 8.09. The number of sulfonamides is 1. The molecule has 0 amide bonds. The highest BCUT2D eigenvalue weighted by Gasteiger charge is 2.27. The second-order valence-electron chi connectivity index (χ2n) is 6.52. The molecule has 132 valence electrons. The SMILES string of the molecule is Cc1c2c(cc3c1OOC3)C(c1ccc(S(N)(=O)=O)cc1)CNCC2. The molecule has 7 heteroatoms. The Morgan fingerprint density at radius 1 is 1.24 bits per heavy atom. The number of benzene rings is 2. The average Bonchev–Trinajstić information content (AvgIpc) is 2.94. The molecule has 2 heterocycles. The van der Waals surface area contributed by atoms with Gasteiger partial charge in [-0.2, -0.15) is 4.89 Å². The predicted octanol–water partition coefficient (Wildman–Crippen LogP) is 1.74. The van der Waals surface area contributed by atoms with Crippen molar-refractivity contribution in [2.24, 2.45) is 5.14 Å². The number of hydrogen-bond acceptors (Lipinski definition) is 5. The van der Waals surface area contributed by atoms with Crippen LogP contribution in [-0.4, -0.2) is 21.5 Å². The van der Waals surface area contributed by atoms with Crippen LogP contribution in [0.3, 0.4) is 0 Å². The Labute approximate surface area is 146 Å². The average molecular weight is 360 g/mol. The van der Waals surface area contributed by atoms with Crippen molar-refractivity contribution >= 4 is 10.0 Å². The standard InChI is InChI=1S/C18H20N2O4S/c1-11-15-6-7-20-9-17(16(15)8-13-10-23-24-18(11)13)12-2-4-14(5-3-12)25(19,21)22/h2-5,8,17,20H,6-7,9-10H2,1H3,(H2,19,21,22). The number of nitrogens with one attached hydrogen (secondary N) is 1. The first kappa shape index (κ1) is 16.5. The first-order chi connectivity index (χ1) is 11.9. The summed E-state index contributed by atoms with van der Waals surface area (Å²) < 4.78 is 23.0. The summed E-state index contributed by atoms with van der Waals surface area (Å²) in [6.45, 7) is 4.20. The third kappa shape index (κ3) is 2.93. The van der Waals surface area contributed by atoms with Gasteiger partial charge < -0.3 is 10.2 Å². The molecule has 0 bridgehead atoms. The summed E-state index contributed by atoms with van der Waals surface area (Å²) in [6, 6.07) is 8.99. The smallest absolute Gasteiger partial charge is 0.238 e. The van der Waals surface area contributed by atoms with Crippen molar-refractivity contribution in [3.8, 4) is 5.75 Å². The van der Waals surface area contributed by atoms with Crippen molar-refractivity contribution in [3.63, 3.8) is 0 Å². The second kappa shape index (κ2) is 6.10. The molecule has 3 N–H and O–H groups in total. The fourth-order valence-corrected chi connectivity index (χ4v) is 4.23. The largest absolute Gasteiger partial charge is 0.337 e. The van der Waals surface area contributed by atoms with Crippen LogP contribution in [-0.2, 0) is 27.9 Å². The Kier molecular flexibility index (Phi) is 4.04. The van der Waals surface area contributed by atoms with Gasteiger partial charge in [-0.15, -0.1) is 0 Å². The van der Waals surface area contributed by atoms with Gasteiger partial charge in [-0.1, -0.05) is 12.1 Å². The van der Waals surface area contributed by atoms with Gasteiger partial charge in [0.25, 0.3) is 0 Å². The molecule has 0 spiro atoms. The molecule has 2 aliphatic rings. The molecule has 6 nitrogen and oxygen atoms in total. The summed E-state index contributed by atoms with van der Waals surface area (Å²) in [4.78, 5) is 10.6. The van der Waals surface area contributed by atoms with Crippen LogP contribution < -0.4 is 15.3 Å². The fraction of sp³-hybridized carbons (Fsp3) is 0.333. The van der Waals surface area contributed by atoms with Gasteiger partial charge in [0, 0.05) is 18.0 Å². The van der Waals surface area contributed by atoms with Gasteiger partial charge in [-0.05, 0) is 60.3 Å². The van der Waals surface area contributed by atoms with Crippen molar-refractivity contribution in [1.82, 2.24) is 5.32 Å². The highest BCUT2D eigenvalue weighted by Crippen LogP contribution is 2.39. The Bertz CT molecular complexity index is 923. The highest BCUT2D eigenvalue weighted by molar-refractivity contribution is 7.89. The molecule has 0 saturated carbocycles. The van der Waals surface area contributed by atoms with Gasteiger partial charge in [-0.3, -0.25) is 0 Å². The van der Waals surface area contributed by atoms with E-state index in [4.69, 9.17) is 14.9 Å². The van der Waals surface area contributed by atoms with Gasteiger partial charge in [0.15, 0.2) is 5.75 Å². The van der Waals surface area contributed by atoms with Crippen LogP contribution in [0.5, 0.6) is 5.75 Å². The van der Waals surface area contributed by atoms with E-state index in [1.807, 2.05) is 12.1 Å². The van der Waals surface area contributed by atoms with Crippen molar-refractivity contribution in [1.29, 1.82) is 0 Å². The predicted molar refractivity (Wildman–Crippen MR) is 92.8 cm³/mol. The van der Waals surface area contributed by atoms with Gasteiger partial charge >= 0.3 is 0 Å². The first-order valence-electron chi connectivity index (χ1n) is 8.23. The number of fused-ring (bicyclic) bond motifs is 2. The van der Waals surface area contributed by atoms with Crippen molar-refractivity contribution in [2.75, 3.05) is 13.1 Å². The maximum atomic E-state index is 11.5. The lowest BCUT2D eigenvalue weighted by Crippen LogP contribution is -2.21. The molecule has 0 saturated heterocycles. The number of hydrogen-bond donors (Lipinski definition) is 2. The lowest BCUT2D eigenvalue weighted by Gasteiger charge is -2.20. The molecule has 2 aromatic carbocycles. The summed E-state index contributed by atoms with van der Waals surface area (Å²) in [6.07, 6.45) is 0.920. The lowest BCUT2D eigenvalue weighted by atomic mass is 9.85. The van der Waals surface area contributed by atoms with Gasteiger partial charge in [-0.25, -0.2) is 13.6 Å². The monoisotopic (exact) mass is 360 g/mol. The summed E-state index contributed by atoms with van der Waals surface area (Å²) in [5.74, 6) is 0.973. The molecular formula is C18H20N2O4S. The molecule has 0 aliphatic carbocycles. The van der Waals surface area contributed by atoms with E-state index in [2.05, 4.69) is 18.3 Å².